The zero-order chi connectivity index (χ0) is 36.0. The van der Waals surface area contributed by atoms with Crippen LogP contribution in [0.1, 0.15) is 0 Å². The Balaban J connectivity index is 0.984. The summed E-state index contributed by atoms with van der Waals surface area (Å²) in [6.45, 7) is 0. The van der Waals surface area contributed by atoms with E-state index in [1.165, 1.54) is 98.0 Å². The Morgan fingerprint density at radius 1 is 0.236 bits per heavy atom. The summed E-state index contributed by atoms with van der Waals surface area (Å²) >= 11 is 0. The molecule has 1 heterocycles. The Morgan fingerprint density at radius 3 is 1.42 bits per heavy atom. The van der Waals surface area contributed by atoms with E-state index >= 15 is 0 Å². The molecule has 0 fully saturated rings. The third-order valence-electron chi connectivity index (χ3n) is 11.8. The molecule has 254 valence electrons. The van der Waals surface area contributed by atoms with Gasteiger partial charge in [0.15, 0.2) is 0 Å². The lowest BCUT2D eigenvalue weighted by Crippen LogP contribution is -1.88. The van der Waals surface area contributed by atoms with Gasteiger partial charge in [0, 0.05) is 10.8 Å². The fourth-order valence-corrected chi connectivity index (χ4v) is 9.03. The molecule has 11 aromatic carbocycles. The van der Waals surface area contributed by atoms with Crippen molar-refractivity contribution in [1.82, 2.24) is 0 Å². The summed E-state index contributed by atoms with van der Waals surface area (Å²) in [5, 5.41) is 17.5. The maximum absolute atomic E-state index is 6.35. The quantitative estimate of drug-likeness (QED) is 0.168. The first kappa shape index (κ1) is 30.3. The van der Waals surface area contributed by atoms with Gasteiger partial charge < -0.3 is 4.42 Å². The van der Waals surface area contributed by atoms with Crippen molar-refractivity contribution in [2.45, 2.75) is 0 Å². The van der Waals surface area contributed by atoms with Crippen molar-refractivity contribution in [1.29, 1.82) is 0 Å². The van der Waals surface area contributed by atoms with Gasteiger partial charge in [0.25, 0.3) is 0 Å². The average molecular weight is 697 g/mol. The lowest BCUT2D eigenvalue weighted by molar-refractivity contribution is 0.669. The minimum Gasteiger partial charge on any atom is -0.456 e. The van der Waals surface area contributed by atoms with Crippen LogP contribution in [0.4, 0.5) is 0 Å². The van der Waals surface area contributed by atoms with Gasteiger partial charge in [-0.15, -0.1) is 0 Å². The fraction of sp³-hybridized carbons (Fsp3) is 0. The standard InChI is InChI=1S/C54H32O/c1-2-9-37-27-38(19-13-33(37)7-1)40-23-25-51-49(30-40)50-31-41(24-26-52(50)55-51)39-20-14-34-15-21-42(29-44(34)28-39)48-32-43-22-18-36-17-16-35-8-3-4-10-45(35)53(36)54(43)47-12-6-5-11-46(47)48/h1-32H. The number of hydrogen-bond acceptors (Lipinski definition) is 1. The number of rotatable bonds is 3. The van der Waals surface area contributed by atoms with Crippen molar-refractivity contribution in [2.75, 3.05) is 0 Å². The minimum atomic E-state index is 0.904. The van der Waals surface area contributed by atoms with Gasteiger partial charge in [0.1, 0.15) is 11.2 Å². The number of benzene rings is 11. The van der Waals surface area contributed by atoms with Gasteiger partial charge in [-0.25, -0.2) is 0 Å². The molecule has 0 radical (unpaired) electrons. The second-order valence-electron chi connectivity index (χ2n) is 14.9. The van der Waals surface area contributed by atoms with Crippen LogP contribution in [-0.4, -0.2) is 0 Å². The highest BCUT2D eigenvalue weighted by atomic mass is 16.3. The lowest BCUT2D eigenvalue weighted by atomic mass is 9.88. The zero-order valence-electron chi connectivity index (χ0n) is 29.9. The highest BCUT2D eigenvalue weighted by molar-refractivity contribution is 6.29. The first-order valence-electron chi connectivity index (χ1n) is 19.0. The molecule has 0 amide bonds. The summed E-state index contributed by atoms with van der Waals surface area (Å²) in [4.78, 5) is 0. The van der Waals surface area contributed by atoms with E-state index in [2.05, 4.69) is 194 Å². The molecule has 0 spiro atoms. The minimum absolute atomic E-state index is 0.904. The third kappa shape index (κ3) is 4.73. The second-order valence-corrected chi connectivity index (χ2v) is 14.9. The van der Waals surface area contributed by atoms with E-state index in [9.17, 15) is 0 Å². The van der Waals surface area contributed by atoms with Gasteiger partial charge in [-0.1, -0.05) is 146 Å². The maximum atomic E-state index is 6.35. The van der Waals surface area contributed by atoms with Crippen LogP contribution in [0.3, 0.4) is 0 Å². The first-order valence-corrected chi connectivity index (χ1v) is 19.0. The molecule has 1 nitrogen and oxygen atoms in total. The van der Waals surface area contributed by atoms with Crippen LogP contribution in [0.15, 0.2) is 199 Å². The third-order valence-corrected chi connectivity index (χ3v) is 11.8. The van der Waals surface area contributed by atoms with Crippen LogP contribution in [-0.2, 0) is 0 Å². The molecule has 55 heavy (non-hydrogen) atoms. The number of fused-ring (bicyclic) bond motifs is 12. The van der Waals surface area contributed by atoms with Crippen LogP contribution >= 0.6 is 0 Å². The molecule has 0 bridgehead atoms. The Bertz CT molecular complexity index is 3550. The molecule has 0 saturated carbocycles. The molecule has 0 N–H and O–H groups in total. The van der Waals surface area contributed by atoms with Gasteiger partial charge in [0.05, 0.1) is 0 Å². The smallest absolute Gasteiger partial charge is 0.135 e. The van der Waals surface area contributed by atoms with Crippen LogP contribution in [0, 0.1) is 0 Å². The van der Waals surface area contributed by atoms with Crippen molar-refractivity contribution < 1.29 is 4.42 Å². The van der Waals surface area contributed by atoms with Crippen molar-refractivity contribution in [2.24, 2.45) is 0 Å². The molecule has 0 aliphatic carbocycles. The zero-order valence-corrected chi connectivity index (χ0v) is 29.9. The molecule has 0 aliphatic rings. The van der Waals surface area contributed by atoms with Gasteiger partial charge in [-0.3, -0.25) is 0 Å². The monoisotopic (exact) mass is 696 g/mol. The first-order chi connectivity index (χ1) is 27.2. The largest absolute Gasteiger partial charge is 0.456 e. The molecule has 0 saturated heterocycles. The molecule has 0 unspecified atom stereocenters. The van der Waals surface area contributed by atoms with E-state index in [1.54, 1.807) is 0 Å². The number of furan rings is 1. The number of hydrogen-bond donors (Lipinski definition) is 0. The molecule has 1 heteroatoms. The van der Waals surface area contributed by atoms with E-state index in [4.69, 9.17) is 4.42 Å². The van der Waals surface area contributed by atoms with E-state index in [0.29, 0.717) is 0 Å². The normalized spacial score (nSPS) is 12.0. The van der Waals surface area contributed by atoms with Crippen molar-refractivity contribution in [3.8, 4) is 33.4 Å². The second kappa shape index (κ2) is 11.6. The Kier molecular flexibility index (Phi) is 6.40. The highest BCUT2D eigenvalue weighted by Gasteiger charge is 2.15. The Labute approximate surface area is 317 Å². The van der Waals surface area contributed by atoms with E-state index < -0.39 is 0 Å². The molecular formula is C54H32O. The van der Waals surface area contributed by atoms with E-state index in [0.717, 1.165) is 21.9 Å². The predicted octanol–water partition coefficient (Wildman–Crippen LogP) is 15.5. The SMILES string of the molecule is c1ccc2cc(-c3ccc4oc5ccc(-c6ccc7ccc(-c8cc9ccc%10ccc%11ccccc%11c%10c9c9ccccc89)cc7c6)cc5c4c3)ccc2c1. The van der Waals surface area contributed by atoms with Crippen molar-refractivity contribution >= 4 is 86.6 Å². The summed E-state index contributed by atoms with van der Waals surface area (Å²) < 4.78 is 6.35. The molecule has 12 rings (SSSR count). The summed E-state index contributed by atoms with van der Waals surface area (Å²) in [5.74, 6) is 0. The molecular weight excluding hydrogens is 665 g/mol. The summed E-state index contributed by atoms with van der Waals surface area (Å²) in [6.07, 6.45) is 0. The summed E-state index contributed by atoms with van der Waals surface area (Å²) in [7, 11) is 0. The van der Waals surface area contributed by atoms with E-state index in [1.807, 2.05) is 0 Å². The van der Waals surface area contributed by atoms with Crippen molar-refractivity contribution in [3.05, 3.63) is 194 Å². The van der Waals surface area contributed by atoms with Gasteiger partial charge in [0.2, 0.25) is 0 Å². The topological polar surface area (TPSA) is 13.1 Å². The van der Waals surface area contributed by atoms with Crippen LogP contribution < -0.4 is 0 Å². The van der Waals surface area contributed by atoms with Crippen LogP contribution in [0.5, 0.6) is 0 Å². The summed E-state index contributed by atoms with van der Waals surface area (Å²) in [6, 6.07) is 71.3. The molecule has 0 atom stereocenters. The lowest BCUT2D eigenvalue weighted by Gasteiger charge is -2.15. The molecule has 12 aromatic rings. The predicted molar refractivity (Wildman–Crippen MR) is 235 cm³/mol. The van der Waals surface area contributed by atoms with E-state index in [-0.39, 0.29) is 0 Å². The average Bonchev–Trinajstić information content (AvgIpc) is 3.62. The maximum Gasteiger partial charge on any atom is 0.135 e. The van der Waals surface area contributed by atoms with Crippen LogP contribution in [0.2, 0.25) is 0 Å². The Hall–Kier alpha value is -7.22. The molecule has 1 aromatic heterocycles. The molecule has 0 aliphatic heterocycles. The fourth-order valence-electron chi connectivity index (χ4n) is 9.03. The van der Waals surface area contributed by atoms with Gasteiger partial charge in [-0.2, -0.15) is 0 Å². The summed E-state index contributed by atoms with van der Waals surface area (Å²) in [5.41, 5.74) is 9.04. The van der Waals surface area contributed by atoms with Crippen LogP contribution in [0.25, 0.3) is 120 Å². The Morgan fingerprint density at radius 2 is 0.691 bits per heavy atom. The van der Waals surface area contributed by atoms with Gasteiger partial charge >= 0.3 is 0 Å². The van der Waals surface area contributed by atoms with Crippen molar-refractivity contribution in [3.63, 3.8) is 0 Å². The highest BCUT2D eigenvalue weighted by Crippen LogP contribution is 2.42. The van der Waals surface area contributed by atoms with Gasteiger partial charge in [-0.05, 0) is 147 Å².